The predicted molar refractivity (Wildman–Crippen MR) is 66.4 cm³/mol. The standard InChI is InChI=1S/C14H19NO2/c1-3-13(14(16)17-4-2)15-9-11-7-5-6-8-12(11)10-15/h5-8,13H,3-4,9-10H2,1-2H3. The number of hydrogen-bond acceptors (Lipinski definition) is 3. The molecular weight excluding hydrogens is 214 g/mol. The summed E-state index contributed by atoms with van der Waals surface area (Å²) >= 11 is 0. The second-order valence-electron chi connectivity index (χ2n) is 4.35. The SMILES string of the molecule is CCOC(=O)C(CC)N1Cc2ccccc2C1. The fourth-order valence-corrected chi connectivity index (χ4v) is 2.39. The van der Waals surface area contributed by atoms with Crippen molar-refractivity contribution >= 4 is 5.97 Å². The van der Waals surface area contributed by atoms with E-state index in [1.807, 2.05) is 26.0 Å². The maximum atomic E-state index is 11.8. The summed E-state index contributed by atoms with van der Waals surface area (Å²) in [5, 5.41) is 0. The van der Waals surface area contributed by atoms with Gasteiger partial charge in [-0.1, -0.05) is 31.2 Å². The van der Waals surface area contributed by atoms with Crippen LogP contribution < -0.4 is 0 Å². The van der Waals surface area contributed by atoms with Gasteiger partial charge in [-0.25, -0.2) is 0 Å². The number of esters is 1. The van der Waals surface area contributed by atoms with E-state index >= 15 is 0 Å². The first-order valence-electron chi connectivity index (χ1n) is 6.23. The maximum absolute atomic E-state index is 11.8. The molecule has 1 heterocycles. The molecule has 0 saturated carbocycles. The van der Waals surface area contributed by atoms with Gasteiger partial charge in [-0.2, -0.15) is 0 Å². The van der Waals surface area contributed by atoms with Gasteiger partial charge in [-0.05, 0) is 24.5 Å². The van der Waals surface area contributed by atoms with Gasteiger partial charge < -0.3 is 4.74 Å². The van der Waals surface area contributed by atoms with Crippen molar-refractivity contribution < 1.29 is 9.53 Å². The van der Waals surface area contributed by atoms with Gasteiger partial charge in [0.25, 0.3) is 0 Å². The van der Waals surface area contributed by atoms with Crippen molar-refractivity contribution in [1.82, 2.24) is 4.90 Å². The van der Waals surface area contributed by atoms with Crippen LogP contribution in [0.15, 0.2) is 24.3 Å². The summed E-state index contributed by atoms with van der Waals surface area (Å²) in [4.78, 5) is 14.0. The van der Waals surface area contributed by atoms with Crippen LogP contribution in [-0.2, 0) is 22.6 Å². The lowest BCUT2D eigenvalue weighted by atomic mass is 10.1. The third-order valence-electron chi connectivity index (χ3n) is 3.25. The van der Waals surface area contributed by atoms with Crippen LogP contribution in [0.5, 0.6) is 0 Å². The molecule has 1 atom stereocenters. The molecule has 3 nitrogen and oxygen atoms in total. The maximum Gasteiger partial charge on any atom is 0.323 e. The summed E-state index contributed by atoms with van der Waals surface area (Å²) in [7, 11) is 0. The number of rotatable bonds is 4. The van der Waals surface area contributed by atoms with Crippen LogP contribution in [0, 0.1) is 0 Å². The average molecular weight is 233 g/mol. The minimum absolute atomic E-state index is 0.0946. The van der Waals surface area contributed by atoms with E-state index < -0.39 is 0 Å². The van der Waals surface area contributed by atoms with Crippen molar-refractivity contribution in [1.29, 1.82) is 0 Å². The van der Waals surface area contributed by atoms with Crippen LogP contribution in [0.1, 0.15) is 31.4 Å². The largest absolute Gasteiger partial charge is 0.465 e. The van der Waals surface area contributed by atoms with Gasteiger partial charge in [0.05, 0.1) is 6.61 Å². The zero-order valence-corrected chi connectivity index (χ0v) is 10.5. The summed E-state index contributed by atoms with van der Waals surface area (Å²) in [6.07, 6.45) is 0.798. The van der Waals surface area contributed by atoms with Gasteiger partial charge >= 0.3 is 5.97 Å². The molecule has 0 bridgehead atoms. The van der Waals surface area contributed by atoms with Crippen molar-refractivity contribution in [3.63, 3.8) is 0 Å². The Labute approximate surface area is 102 Å². The molecule has 0 saturated heterocycles. The number of nitrogens with zero attached hydrogens (tertiary/aromatic N) is 1. The van der Waals surface area contributed by atoms with Crippen LogP contribution >= 0.6 is 0 Å². The van der Waals surface area contributed by atoms with Crippen LogP contribution in [0.4, 0.5) is 0 Å². The fourth-order valence-electron chi connectivity index (χ4n) is 2.39. The average Bonchev–Trinajstić information content (AvgIpc) is 2.73. The Morgan fingerprint density at radius 3 is 2.35 bits per heavy atom. The summed E-state index contributed by atoms with van der Waals surface area (Å²) in [6.45, 7) is 6.05. The number of carbonyl (C=O) groups is 1. The van der Waals surface area contributed by atoms with E-state index in [0.29, 0.717) is 6.61 Å². The summed E-state index contributed by atoms with van der Waals surface area (Å²) in [5.41, 5.74) is 2.66. The molecule has 0 fully saturated rings. The van der Waals surface area contributed by atoms with Crippen LogP contribution in [0.25, 0.3) is 0 Å². The lowest BCUT2D eigenvalue weighted by Crippen LogP contribution is -2.38. The van der Waals surface area contributed by atoms with E-state index in [4.69, 9.17) is 4.74 Å². The molecule has 0 radical (unpaired) electrons. The van der Waals surface area contributed by atoms with Gasteiger partial charge in [-0.15, -0.1) is 0 Å². The highest BCUT2D eigenvalue weighted by atomic mass is 16.5. The number of ether oxygens (including phenoxy) is 1. The normalized spacial score (nSPS) is 16.6. The fraction of sp³-hybridized carbons (Fsp3) is 0.500. The van der Waals surface area contributed by atoms with Crippen molar-refractivity contribution in [2.24, 2.45) is 0 Å². The van der Waals surface area contributed by atoms with E-state index in [2.05, 4.69) is 17.0 Å². The van der Waals surface area contributed by atoms with Gasteiger partial charge in [0, 0.05) is 13.1 Å². The molecule has 3 heteroatoms. The Balaban J connectivity index is 2.07. The minimum atomic E-state index is -0.109. The molecule has 0 amide bonds. The molecule has 0 spiro atoms. The molecule has 92 valence electrons. The molecule has 2 rings (SSSR count). The molecule has 1 aliphatic heterocycles. The quantitative estimate of drug-likeness (QED) is 0.748. The number of fused-ring (bicyclic) bond motifs is 1. The van der Waals surface area contributed by atoms with E-state index in [1.165, 1.54) is 11.1 Å². The van der Waals surface area contributed by atoms with E-state index in [-0.39, 0.29) is 12.0 Å². The third kappa shape index (κ3) is 2.50. The first-order chi connectivity index (χ1) is 8.26. The Bertz CT molecular complexity index is 378. The van der Waals surface area contributed by atoms with Crippen LogP contribution in [0.2, 0.25) is 0 Å². The third-order valence-corrected chi connectivity index (χ3v) is 3.25. The molecule has 0 aromatic heterocycles. The van der Waals surface area contributed by atoms with Crippen molar-refractivity contribution in [2.45, 2.75) is 39.4 Å². The molecule has 1 aromatic carbocycles. The van der Waals surface area contributed by atoms with E-state index in [9.17, 15) is 4.79 Å². The zero-order chi connectivity index (χ0) is 12.3. The first kappa shape index (κ1) is 12.1. The summed E-state index contributed by atoms with van der Waals surface area (Å²) in [6, 6.07) is 8.25. The summed E-state index contributed by atoms with van der Waals surface area (Å²) < 4.78 is 5.13. The lowest BCUT2D eigenvalue weighted by molar-refractivity contribution is -0.150. The first-order valence-corrected chi connectivity index (χ1v) is 6.23. The molecule has 0 aliphatic carbocycles. The molecule has 1 aliphatic rings. The molecule has 17 heavy (non-hydrogen) atoms. The monoisotopic (exact) mass is 233 g/mol. The second kappa shape index (κ2) is 5.32. The summed E-state index contributed by atoms with van der Waals surface area (Å²) in [5.74, 6) is -0.0946. The Kier molecular flexibility index (Phi) is 3.79. The highest BCUT2D eigenvalue weighted by molar-refractivity contribution is 5.75. The van der Waals surface area contributed by atoms with Gasteiger partial charge in [-0.3, -0.25) is 9.69 Å². The van der Waals surface area contributed by atoms with Gasteiger partial charge in [0.2, 0.25) is 0 Å². The molecule has 1 unspecified atom stereocenters. The predicted octanol–water partition coefficient (Wildman–Crippen LogP) is 2.34. The second-order valence-corrected chi connectivity index (χ2v) is 4.35. The van der Waals surface area contributed by atoms with Crippen molar-refractivity contribution in [3.05, 3.63) is 35.4 Å². The van der Waals surface area contributed by atoms with Crippen molar-refractivity contribution in [3.8, 4) is 0 Å². The Hall–Kier alpha value is -1.35. The molecular formula is C14H19NO2. The topological polar surface area (TPSA) is 29.5 Å². The van der Waals surface area contributed by atoms with E-state index in [1.54, 1.807) is 0 Å². The molecule has 1 aromatic rings. The number of carbonyl (C=O) groups excluding carboxylic acids is 1. The van der Waals surface area contributed by atoms with Crippen LogP contribution in [0.3, 0.4) is 0 Å². The minimum Gasteiger partial charge on any atom is -0.465 e. The van der Waals surface area contributed by atoms with E-state index in [0.717, 1.165) is 19.5 Å². The van der Waals surface area contributed by atoms with Gasteiger partial charge in [0.15, 0.2) is 0 Å². The molecule has 0 N–H and O–H groups in total. The smallest absolute Gasteiger partial charge is 0.323 e. The lowest BCUT2D eigenvalue weighted by Gasteiger charge is -2.24. The zero-order valence-electron chi connectivity index (χ0n) is 10.5. The highest BCUT2D eigenvalue weighted by Crippen LogP contribution is 2.25. The van der Waals surface area contributed by atoms with Crippen molar-refractivity contribution in [2.75, 3.05) is 6.61 Å². The highest BCUT2D eigenvalue weighted by Gasteiger charge is 2.29. The van der Waals surface area contributed by atoms with Crippen LogP contribution in [-0.4, -0.2) is 23.5 Å². The van der Waals surface area contributed by atoms with Gasteiger partial charge in [0.1, 0.15) is 6.04 Å². The number of benzene rings is 1. The number of hydrogen-bond donors (Lipinski definition) is 0. The Morgan fingerprint density at radius 2 is 1.88 bits per heavy atom. The Morgan fingerprint density at radius 1 is 1.29 bits per heavy atom.